The molecule has 1 aromatic carbocycles. The SMILES string of the molecule is Cc1nc2sc(C(=O)N[C@H]3CCc4cc(N5CC6CCC(C5)N6)ccc4C3)c(N)c2cc1F. The summed E-state index contributed by atoms with van der Waals surface area (Å²) in [6, 6.07) is 9.49. The van der Waals surface area contributed by atoms with E-state index < -0.39 is 5.82 Å². The molecule has 3 atom stereocenters. The number of thiophene rings is 1. The number of nitrogens with two attached hydrogens (primary N) is 1. The number of hydrogen-bond donors (Lipinski definition) is 3. The molecule has 2 bridgehead atoms. The third kappa shape index (κ3) is 3.75. The zero-order chi connectivity index (χ0) is 22.7. The van der Waals surface area contributed by atoms with Crippen molar-refractivity contribution in [2.45, 2.75) is 57.2 Å². The van der Waals surface area contributed by atoms with Crippen LogP contribution in [0.4, 0.5) is 15.8 Å². The first-order chi connectivity index (χ1) is 15.9. The summed E-state index contributed by atoms with van der Waals surface area (Å²) in [5.74, 6) is -0.606. The summed E-state index contributed by atoms with van der Waals surface area (Å²) in [6.07, 6.45) is 5.21. The number of nitrogens with zero attached hydrogens (tertiary/aromatic N) is 2. The van der Waals surface area contributed by atoms with E-state index in [1.807, 2.05) is 0 Å². The number of nitrogens with one attached hydrogen (secondary N) is 2. The van der Waals surface area contributed by atoms with Gasteiger partial charge in [0.1, 0.15) is 15.5 Å². The fraction of sp³-hybridized carbons (Fsp3) is 0.440. The van der Waals surface area contributed by atoms with Gasteiger partial charge >= 0.3 is 0 Å². The minimum atomic E-state index is -0.407. The van der Waals surface area contributed by atoms with Crippen LogP contribution in [0.3, 0.4) is 0 Å². The number of fused-ring (bicyclic) bond motifs is 4. The topological polar surface area (TPSA) is 83.3 Å². The number of anilines is 2. The number of piperazine rings is 1. The minimum Gasteiger partial charge on any atom is -0.397 e. The Morgan fingerprint density at radius 1 is 1.21 bits per heavy atom. The van der Waals surface area contributed by atoms with Gasteiger partial charge in [0.05, 0.1) is 11.4 Å². The first-order valence-corrected chi connectivity index (χ1v) is 12.5. The van der Waals surface area contributed by atoms with Crippen LogP contribution in [0.5, 0.6) is 0 Å². The van der Waals surface area contributed by atoms with Gasteiger partial charge in [0.25, 0.3) is 5.91 Å². The van der Waals surface area contributed by atoms with Gasteiger partial charge in [-0.25, -0.2) is 9.37 Å². The van der Waals surface area contributed by atoms with Crippen LogP contribution in [0, 0.1) is 12.7 Å². The number of halogens is 1. The number of aromatic nitrogens is 1. The van der Waals surface area contributed by atoms with Crippen LogP contribution in [-0.2, 0) is 12.8 Å². The molecule has 8 heteroatoms. The maximum absolute atomic E-state index is 13.9. The molecule has 1 aliphatic carbocycles. The number of rotatable bonds is 3. The Morgan fingerprint density at radius 3 is 2.79 bits per heavy atom. The molecule has 1 amide bonds. The fourth-order valence-corrected chi connectivity index (χ4v) is 6.62. The van der Waals surface area contributed by atoms with Crippen LogP contribution in [0.25, 0.3) is 10.2 Å². The molecular weight excluding hydrogens is 437 g/mol. The number of hydrogen-bond acceptors (Lipinski definition) is 6. The van der Waals surface area contributed by atoms with Crippen molar-refractivity contribution in [3.63, 3.8) is 0 Å². The van der Waals surface area contributed by atoms with Crippen LogP contribution in [-0.4, -0.2) is 42.1 Å². The number of carbonyl (C=O) groups is 1. The third-order valence-corrected chi connectivity index (χ3v) is 8.51. The number of carbonyl (C=O) groups excluding carboxylic acids is 1. The Kier molecular flexibility index (Phi) is 5.03. The molecule has 2 fully saturated rings. The highest BCUT2D eigenvalue weighted by Crippen LogP contribution is 2.34. The van der Waals surface area contributed by atoms with E-state index in [0.29, 0.717) is 38.6 Å². The second-order valence-electron chi connectivity index (χ2n) is 9.66. The standard InChI is InChI=1S/C25H28FN5OS/c1-13-21(26)10-20-22(27)23(33-25(20)28-13)24(32)30-16-4-2-15-9-19(7-3-14(15)8-16)31-11-17-5-6-18(12-31)29-17/h3,7,9-10,16-18,29H,2,4-6,8,11-12,27H2,1H3,(H,30,32)/t16-,17?,18?/m0/s1. The fourth-order valence-electron chi connectivity index (χ4n) is 5.59. The van der Waals surface area contributed by atoms with Gasteiger partial charge in [0, 0.05) is 42.3 Å². The van der Waals surface area contributed by atoms with Gasteiger partial charge in [-0.15, -0.1) is 11.3 Å². The summed E-state index contributed by atoms with van der Waals surface area (Å²) >= 11 is 1.23. The summed E-state index contributed by atoms with van der Waals surface area (Å²) in [5, 5.41) is 7.36. The summed E-state index contributed by atoms with van der Waals surface area (Å²) in [4.78, 5) is 20.8. The quantitative estimate of drug-likeness (QED) is 0.551. The molecule has 3 aliphatic rings. The number of aryl methyl sites for hydroxylation is 2. The Hall–Kier alpha value is -2.71. The Labute approximate surface area is 196 Å². The van der Waals surface area contributed by atoms with Crippen molar-refractivity contribution in [2.24, 2.45) is 0 Å². The van der Waals surface area contributed by atoms with E-state index in [9.17, 15) is 9.18 Å². The highest BCUT2D eigenvalue weighted by Gasteiger charge is 2.32. The van der Waals surface area contributed by atoms with Crippen LogP contribution in [0.2, 0.25) is 0 Å². The Morgan fingerprint density at radius 2 is 2.00 bits per heavy atom. The average Bonchev–Trinajstić information content (AvgIpc) is 3.31. The molecule has 2 aliphatic heterocycles. The van der Waals surface area contributed by atoms with Gasteiger partial charge in [-0.05, 0) is 68.4 Å². The lowest BCUT2D eigenvalue weighted by atomic mass is 9.87. The Balaban J connectivity index is 1.16. The van der Waals surface area contributed by atoms with Crippen molar-refractivity contribution >= 4 is 38.8 Å². The second kappa shape index (κ2) is 7.95. The molecule has 33 heavy (non-hydrogen) atoms. The third-order valence-electron chi connectivity index (χ3n) is 7.39. The van der Waals surface area contributed by atoms with Gasteiger partial charge in [0.15, 0.2) is 0 Å². The van der Waals surface area contributed by atoms with Crippen molar-refractivity contribution in [3.05, 3.63) is 51.8 Å². The summed E-state index contributed by atoms with van der Waals surface area (Å²) < 4.78 is 13.9. The molecule has 172 valence electrons. The van der Waals surface area contributed by atoms with Crippen LogP contribution in [0.15, 0.2) is 24.3 Å². The molecule has 6 rings (SSSR count). The van der Waals surface area contributed by atoms with Crippen molar-refractivity contribution in [2.75, 3.05) is 23.7 Å². The van der Waals surface area contributed by atoms with E-state index in [1.165, 1.54) is 47.1 Å². The highest BCUT2D eigenvalue weighted by atomic mass is 32.1. The lowest BCUT2D eigenvalue weighted by Crippen LogP contribution is -2.51. The summed E-state index contributed by atoms with van der Waals surface area (Å²) in [7, 11) is 0. The molecule has 0 spiro atoms. The molecule has 4 N–H and O–H groups in total. The maximum Gasteiger partial charge on any atom is 0.263 e. The van der Waals surface area contributed by atoms with Crippen molar-refractivity contribution in [1.82, 2.24) is 15.6 Å². The average molecular weight is 466 g/mol. The smallest absolute Gasteiger partial charge is 0.263 e. The largest absolute Gasteiger partial charge is 0.397 e. The van der Waals surface area contributed by atoms with E-state index in [1.54, 1.807) is 6.92 Å². The van der Waals surface area contributed by atoms with E-state index in [-0.39, 0.29) is 11.9 Å². The second-order valence-corrected chi connectivity index (χ2v) is 10.7. The van der Waals surface area contributed by atoms with E-state index in [0.717, 1.165) is 32.4 Å². The Bertz CT molecular complexity index is 1250. The number of nitrogen functional groups attached to an aromatic ring is 1. The van der Waals surface area contributed by atoms with Gasteiger partial charge < -0.3 is 21.3 Å². The predicted molar refractivity (Wildman–Crippen MR) is 131 cm³/mol. The summed E-state index contributed by atoms with van der Waals surface area (Å²) in [6.45, 7) is 3.79. The molecular formula is C25H28FN5OS. The van der Waals surface area contributed by atoms with Crippen LogP contribution >= 0.6 is 11.3 Å². The van der Waals surface area contributed by atoms with Crippen LogP contribution < -0.4 is 21.3 Å². The van der Waals surface area contributed by atoms with Gasteiger partial charge in [-0.3, -0.25) is 4.79 Å². The number of benzene rings is 1. The van der Waals surface area contributed by atoms with Gasteiger partial charge in [-0.1, -0.05) is 6.07 Å². The zero-order valence-electron chi connectivity index (χ0n) is 18.7. The first kappa shape index (κ1) is 20.9. The lowest BCUT2D eigenvalue weighted by Gasteiger charge is -2.35. The van der Waals surface area contributed by atoms with Gasteiger partial charge in [0.2, 0.25) is 0 Å². The van der Waals surface area contributed by atoms with Crippen molar-refractivity contribution < 1.29 is 9.18 Å². The van der Waals surface area contributed by atoms with Gasteiger partial charge in [-0.2, -0.15) is 0 Å². The zero-order valence-corrected chi connectivity index (χ0v) is 19.5. The molecule has 0 radical (unpaired) electrons. The molecule has 6 nitrogen and oxygen atoms in total. The summed E-state index contributed by atoms with van der Waals surface area (Å²) in [5.41, 5.74) is 10.8. The highest BCUT2D eigenvalue weighted by molar-refractivity contribution is 7.21. The van der Waals surface area contributed by atoms with E-state index >= 15 is 0 Å². The van der Waals surface area contributed by atoms with Crippen LogP contribution in [0.1, 0.15) is 45.8 Å². The molecule has 2 unspecified atom stereocenters. The molecule has 0 saturated carbocycles. The molecule has 4 heterocycles. The van der Waals surface area contributed by atoms with E-state index in [4.69, 9.17) is 5.73 Å². The normalized spacial score (nSPS) is 24.2. The van der Waals surface area contributed by atoms with Crippen molar-refractivity contribution in [3.8, 4) is 0 Å². The number of pyridine rings is 1. The monoisotopic (exact) mass is 465 g/mol. The minimum absolute atomic E-state index is 0.0573. The first-order valence-electron chi connectivity index (χ1n) is 11.7. The van der Waals surface area contributed by atoms with E-state index in [2.05, 4.69) is 38.7 Å². The number of amides is 1. The molecule has 3 aromatic rings. The molecule has 2 saturated heterocycles. The maximum atomic E-state index is 13.9. The predicted octanol–water partition coefficient (Wildman–Crippen LogP) is 3.55. The lowest BCUT2D eigenvalue weighted by molar-refractivity contribution is 0.0938. The molecule has 2 aromatic heterocycles. The van der Waals surface area contributed by atoms with Crippen molar-refractivity contribution in [1.29, 1.82) is 0 Å².